The van der Waals surface area contributed by atoms with Crippen molar-refractivity contribution >= 4 is 5.69 Å². The van der Waals surface area contributed by atoms with E-state index in [4.69, 9.17) is 0 Å². The van der Waals surface area contributed by atoms with Crippen LogP contribution in [-0.2, 0) is 0 Å². The van der Waals surface area contributed by atoms with Gasteiger partial charge in [-0.05, 0) is 122 Å². The summed E-state index contributed by atoms with van der Waals surface area (Å²) >= 11 is 0. The predicted molar refractivity (Wildman–Crippen MR) is 173 cm³/mol. The van der Waals surface area contributed by atoms with Crippen LogP contribution >= 0.6 is 0 Å². The van der Waals surface area contributed by atoms with Gasteiger partial charge in [0.05, 0.1) is 5.70 Å². The fourth-order valence-corrected chi connectivity index (χ4v) is 5.57. The summed E-state index contributed by atoms with van der Waals surface area (Å²) in [7, 11) is 0. The summed E-state index contributed by atoms with van der Waals surface area (Å²) in [6.45, 7) is 25.3. The van der Waals surface area contributed by atoms with Crippen LogP contribution in [0.25, 0.3) is 11.1 Å². The van der Waals surface area contributed by atoms with E-state index in [0.717, 1.165) is 25.0 Å². The maximum atomic E-state index is 4.62. The molecule has 2 aromatic rings. The lowest BCUT2D eigenvalue weighted by Crippen LogP contribution is -2.30. The Morgan fingerprint density at radius 3 is 2.26 bits per heavy atom. The van der Waals surface area contributed by atoms with Crippen molar-refractivity contribution in [3.8, 4) is 11.1 Å². The first-order valence-electron chi connectivity index (χ1n) is 14.8. The number of aryl methyl sites for hydroxylation is 3. The number of rotatable bonds is 6. The van der Waals surface area contributed by atoms with Crippen molar-refractivity contribution in [1.82, 2.24) is 5.32 Å². The maximum absolute atomic E-state index is 4.62. The van der Waals surface area contributed by atoms with Gasteiger partial charge in [0.1, 0.15) is 0 Å². The van der Waals surface area contributed by atoms with Crippen molar-refractivity contribution < 1.29 is 0 Å². The van der Waals surface area contributed by atoms with Gasteiger partial charge in [-0.1, -0.05) is 83.2 Å². The predicted octanol–water partition coefficient (Wildman–Crippen LogP) is 10.1. The topological polar surface area (TPSA) is 15.3 Å². The zero-order valence-electron chi connectivity index (χ0n) is 25.9. The molecule has 1 N–H and O–H groups in total. The van der Waals surface area contributed by atoms with E-state index in [2.05, 4.69) is 132 Å². The van der Waals surface area contributed by atoms with Gasteiger partial charge in [0.25, 0.3) is 0 Å². The molecule has 2 aliphatic heterocycles. The molecule has 0 amide bonds. The van der Waals surface area contributed by atoms with Gasteiger partial charge in [0.2, 0.25) is 0 Å². The monoisotopic (exact) mass is 522 g/mol. The minimum Gasteiger partial charge on any atom is -0.317 e. The smallest absolute Gasteiger partial charge is 0.0505 e. The maximum Gasteiger partial charge on any atom is 0.0505 e. The summed E-state index contributed by atoms with van der Waals surface area (Å²) < 4.78 is 0. The molecule has 2 aliphatic rings. The highest BCUT2D eigenvalue weighted by molar-refractivity contribution is 5.75. The molecule has 0 radical (unpaired) electrons. The summed E-state index contributed by atoms with van der Waals surface area (Å²) in [5.74, 6) is 0. The molecule has 4 rings (SSSR count). The molecule has 0 aromatic heterocycles. The van der Waals surface area contributed by atoms with Crippen LogP contribution in [0, 0.1) is 26.2 Å². The van der Waals surface area contributed by atoms with Gasteiger partial charge < -0.3 is 10.2 Å². The van der Waals surface area contributed by atoms with E-state index in [0.29, 0.717) is 6.04 Å². The van der Waals surface area contributed by atoms with E-state index in [-0.39, 0.29) is 5.41 Å². The van der Waals surface area contributed by atoms with Gasteiger partial charge in [-0.25, -0.2) is 0 Å². The summed E-state index contributed by atoms with van der Waals surface area (Å²) in [5.41, 5.74) is 12.7. The number of anilines is 1. The number of allylic oxidation sites excluding steroid dienone is 5. The van der Waals surface area contributed by atoms with Gasteiger partial charge in [0.15, 0.2) is 0 Å². The zero-order chi connectivity index (χ0) is 28.7. The Balaban J connectivity index is 0.00000205. The molecule has 2 nitrogen and oxygen atoms in total. The quantitative estimate of drug-likeness (QED) is 0.406. The van der Waals surface area contributed by atoms with Crippen molar-refractivity contribution in [3.05, 3.63) is 113 Å². The van der Waals surface area contributed by atoms with Crippen molar-refractivity contribution in [3.63, 3.8) is 0 Å². The molecular weight excluding hydrogens is 472 g/mol. The third kappa shape index (κ3) is 6.73. The van der Waals surface area contributed by atoms with Crippen LogP contribution in [0.3, 0.4) is 0 Å². The second kappa shape index (κ2) is 13.3. The molecule has 0 saturated carbocycles. The Bertz CT molecular complexity index is 1290. The molecule has 0 spiro atoms. The SMILES string of the molecule is C=C1/C=C(C(C)(C)CC)\C=C/N(c2ccc(-c3ccc(C)cc3C)c(C)c2)C(/C=C\C)=C\1C1CCCN1.CC. The zero-order valence-corrected chi connectivity index (χ0v) is 25.9. The molecule has 0 aliphatic carbocycles. The fourth-order valence-electron chi connectivity index (χ4n) is 5.57. The van der Waals surface area contributed by atoms with Gasteiger partial charge in [-0.15, -0.1) is 0 Å². The Hall–Kier alpha value is -3.10. The third-order valence-corrected chi connectivity index (χ3v) is 8.17. The minimum atomic E-state index is 0.0696. The van der Waals surface area contributed by atoms with Gasteiger partial charge in [0, 0.05) is 17.9 Å². The van der Waals surface area contributed by atoms with E-state index in [9.17, 15) is 0 Å². The lowest BCUT2D eigenvalue weighted by Gasteiger charge is -2.33. The Morgan fingerprint density at radius 2 is 1.69 bits per heavy atom. The summed E-state index contributed by atoms with van der Waals surface area (Å²) in [5, 5.41) is 3.75. The van der Waals surface area contributed by atoms with Crippen LogP contribution in [-0.4, -0.2) is 12.6 Å². The molecular formula is C37H50N2. The lowest BCUT2D eigenvalue weighted by atomic mass is 9.79. The average molecular weight is 523 g/mol. The van der Waals surface area contributed by atoms with Crippen LogP contribution < -0.4 is 10.2 Å². The Labute approximate surface area is 238 Å². The first-order valence-corrected chi connectivity index (χ1v) is 14.8. The molecule has 208 valence electrons. The van der Waals surface area contributed by atoms with Crippen LogP contribution in [0.15, 0.2) is 95.9 Å². The van der Waals surface area contributed by atoms with Gasteiger partial charge in [-0.3, -0.25) is 0 Å². The second-order valence-corrected chi connectivity index (χ2v) is 11.3. The molecule has 1 unspecified atom stereocenters. The second-order valence-electron chi connectivity index (χ2n) is 11.3. The normalized spacial score (nSPS) is 22.2. The number of hydrogen-bond acceptors (Lipinski definition) is 2. The largest absolute Gasteiger partial charge is 0.317 e. The average Bonchev–Trinajstić information content (AvgIpc) is 3.43. The fraction of sp³-hybridized carbons (Fsp3) is 0.405. The summed E-state index contributed by atoms with van der Waals surface area (Å²) in [6, 6.07) is 13.9. The molecule has 1 fully saturated rings. The van der Waals surface area contributed by atoms with Crippen LogP contribution in [0.2, 0.25) is 0 Å². The van der Waals surface area contributed by atoms with Gasteiger partial charge in [-0.2, -0.15) is 0 Å². The number of benzene rings is 2. The Morgan fingerprint density at radius 1 is 1.03 bits per heavy atom. The molecule has 1 saturated heterocycles. The highest BCUT2D eigenvalue weighted by atomic mass is 15.1. The van der Waals surface area contributed by atoms with Crippen LogP contribution in [0.4, 0.5) is 5.69 Å². The van der Waals surface area contributed by atoms with E-state index in [1.165, 1.54) is 56.8 Å². The summed E-state index contributed by atoms with van der Waals surface area (Å²) in [6.07, 6.45) is 14.7. The number of hydrogen-bond donors (Lipinski definition) is 1. The van der Waals surface area contributed by atoms with E-state index < -0.39 is 0 Å². The minimum absolute atomic E-state index is 0.0696. The standard InChI is InChI=1S/C35H44N2.C2H6/c1-9-12-33-34(32-13-11-19-36-32)27(6)22-28(35(7,8)10-2)18-20-37(33)29-15-17-31(26(5)23-29)30-16-14-24(3)21-25(30)4;1-2/h9,12,14-18,20-23,32,36H,6,10-11,13,19H2,1-5,7-8H3;1-2H3/b12-9-,20-18-,28-22+,34-33+;. The van der Waals surface area contributed by atoms with Crippen molar-refractivity contribution in [2.45, 2.75) is 87.6 Å². The lowest BCUT2D eigenvalue weighted by molar-refractivity contribution is 0.439. The molecule has 2 heterocycles. The Kier molecular flexibility index (Phi) is 10.4. The van der Waals surface area contributed by atoms with E-state index in [1.54, 1.807) is 0 Å². The molecule has 0 bridgehead atoms. The first-order chi connectivity index (χ1) is 18.7. The number of nitrogens with zero attached hydrogens (tertiary/aromatic N) is 1. The molecule has 39 heavy (non-hydrogen) atoms. The van der Waals surface area contributed by atoms with E-state index >= 15 is 0 Å². The highest BCUT2D eigenvalue weighted by Crippen LogP contribution is 2.39. The molecule has 2 aromatic carbocycles. The van der Waals surface area contributed by atoms with E-state index in [1.807, 2.05) is 13.8 Å². The van der Waals surface area contributed by atoms with Gasteiger partial charge >= 0.3 is 0 Å². The first kappa shape index (κ1) is 30.4. The number of nitrogens with one attached hydrogen (secondary N) is 1. The third-order valence-electron chi connectivity index (χ3n) is 8.17. The van der Waals surface area contributed by atoms with Crippen LogP contribution in [0.1, 0.15) is 77.5 Å². The van der Waals surface area contributed by atoms with Crippen LogP contribution in [0.5, 0.6) is 0 Å². The highest BCUT2D eigenvalue weighted by Gasteiger charge is 2.28. The van der Waals surface area contributed by atoms with Crippen molar-refractivity contribution in [1.29, 1.82) is 0 Å². The van der Waals surface area contributed by atoms with Crippen molar-refractivity contribution in [2.75, 3.05) is 11.4 Å². The summed E-state index contributed by atoms with van der Waals surface area (Å²) in [4.78, 5) is 2.37. The molecule has 1 atom stereocenters. The molecule has 2 heteroatoms. The van der Waals surface area contributed by atoms with Crippen molar-refractivity contribution in [2.24, 2.45) is 5.41 Å².